The number of nitrogens with zero attached hydrogens (tertiary/aromatic N) is 3. The minimum Gasteiger partial charge on any atom is -0.347 e. The average molecular weight is 377 g/mol. The molecule has 0 bridgehead atoms. The van der Waals surface area contributed by atoms with Gasteiger partial charge in [0.2, 0.25) is 0 Å². The van der Waals surface area contributed by atoms with Crippen molar-refractivity contribution in [1.29, 1.82) is 0 Å². The molecule has 2 heterocycles. The van der Waals surface area contributed by atoms with E-state index in [2.05, 4.69) is 39.8 Å². The summed E-state index contributed by atoms with van der Waals surface area (Å²) in [7, 11) is 0. The van der Waals surface area contributed by atoms with Crippen LogP contribution in [0, 0.1) is 16.0 Å². The minimum absolute atomic E-state index is 0.160. The second-order valence-corrected chi connectivity index (χ2v) is 7.84. The smallest absolute Gasteiger partial charge is 0.271 e. The summed E-state index contributed by atoms with van der Waals surface area (Å²) in [5.41, 5.74) is 2.57. The summed E-state index contributed by atoms with van der Waals surface area (Å²) < 4.78 is 2.14. The van der Waals surface area contributed by atoms with Gasteiger partial charge in [0, 0.05) is 30.3 Å². The molecule has 3 aromatic rings. The quantitative estimate of drug-likeness (QED) is 0.435. The number of aryl methyl sites for hydroxylation is 1. The zero-order chi connectivity index (χ0) is 19.3. The van der Waals surface area contributed by atoms with E-state index in [4.69, 9.17) is 0 Å². The fraction of sp³-hybridized carbons (Fsp3) is 0.391. The molecule has 1 saturated heterocycles. The van der Waals surface area contributed by atoms with E-state index in [1.165, 1.54) is 37.9 Å². The molecule has 4 rings (SSSR count). The van der Waals surface area contributed by atoms with E-state index in [9.17, 15) is 10.1 Å². The molecular formula is C23H27N3O2. The van der Waals surface area contributed by atoms with Crippen LogP contribution in [0.4, 0.5) is 5.69 Å². The standard InChI is InChI=1S/C23H27N3O2/c27-26(28)22-8-7-21-11-16-25(23(21)18-22)13-4-12-24-14-9-20(10-15-24)17-19-5-2-1-3-6-19/h1-3,5-8,11,16,18,20H,4,9-10,12-15,17H2. The van der Waals surface area contributed by atoms with E-state index in [1.807, 2.05) is 18.3 Å². The van der Waals surface area contributed by atoms with E-state index >= 15 is 0 Å². The van der Waals surface area contributed by atoms with Gasteiger partial charge in [0.25, 0.3) is 5.69 Å². The van der Waals surface area contributed by atoms with Crippen molar-refractivity contribution in [2.75, 3.05) is 19.6 Å². The first-order valence-electron chi connectivity index (χ1n) is 10.2. The maximum Gasteiger partial charge on any atom is 0.271 e. The monoisotopic (exact) mass is 377 g/mol. The fourth-order valence-corrected chi connectivity index (χ4v) is 4.31. The van der Waals surface area contributed by atoms with E-state index in [1.54, 1.807) is 12.1 Å². The predicted molar refractivity (Wildman–Crippen MR) is 113 cm³/mol. The van der Waals surface area contributed by atoms with Crippen LogP contribution in [0.15, 0.2) is 60.8 Å². The lowest BCUT2D eigenvalue weighted by atomic mass is 9.90. The van der Waals surface area contributed by atoms with Crippen molar-refractivity contribution in [1.82, 2.24) is 9.47 Å². The first-order chi connectivity index (χ1) is 13.7. The van der Waals surface area contributed by atoms with Gasteiger partial charge in [-0.15, -0.1) is 0 Å². The number of benzene rings is 2. The molecule has 5 nitrogen and oxygen atoms in total. The lowest BCUT2D eigenvalue weighted by Crippen LogP contribution is -2.35. The van der Waals surface area contributed by atoms with Crippen molar-refractivity contribution in [3.05, 3.63) is 76.5 Å². The van der Waals surface area contributed by atoms with Crippen LogP contribution < -0.4 is 0 Å². The summed E-state index contributed by atoms with van der Waals surface area (Å²) in [6.07, 6.45) is 6.85. The van der Waals surface area contributed by atoms with Gasteiger partial charge in [-0.3, -0.25) is 10.1 Å². The second kappa shape index (κ2) is 8.57. The van der Waals surface area contributed by atoms with Gasteiger partial charge in [-0.2, -0.15) is 0 Å². The van der Waals surface area contributed by atoms with Crippen molar-refractivity contribution < 1.29 is 4.92 Å². The molecule has 146 valence electrons. The third kappa shape index (κ3) is 4.42. The zero-order valence-electron chi connectivity index (χ0n) is 16.2. The van der Waals surface area contributed by atoms with Gasteiger partial charge in [0.05, 0.1) is 10.4 Å². The summed E-state index contributed by atoms with van der Waals surface area (Å²) in [4.78, 5) is 13.3. The van der Waals surface area contributed by atoms with Crippen molar-refractivity contribution in [2.24, 2.45) is 5.92 Å². The molecule has 28 heavy (non-hydrogen) atoms. The van der Waals surface area contributed by atoms with Crippen LogP contribution in [-0.2, 0) is 13.0 Å². The minimum atomic E-state index is -0.323. The maximum atomic E-state index is 11.0. The molecule has 0 saturated carbocycles. The molecule has 5 heteroatoms. The van der Waals surface area contributed by atoms with Gasteiger partial charge in [0.15, 0.2) is 0 Å². The van der Waals surface area contributed by atoms with Crippen molar-refractivity contribution in [2.45, 2.75) is 32.2 Å². The first kappa shape index (κ1) is 18.7. The number of hydrogen-bond acceptors (Lipinski definition) is 3. The summed E-state index contributed by atoms with van der Waals surface area (Å²) in [5, 5.41) is 12.1. The van der Waals surface area contributed by atoms with Crippen LogP contribution >= 0.6 is 0 Å². The third-order valence-corrected chi connectivity index (χ3v) is 5.92. The molecule has 1 aromatic heterocycles. The van der Waals surface area contributed by atoms with Crippen LogP contribution in [0.25, 0.3) is 10.9 Å². The lowest BCUT2D eigenvalue weighted by Gasteiger charge is -2.32. The number of nitro benzene ring substituents is 1. The summed E-state index contributed by atoms with van der Waals surface area (Å²) in [6, 6.07) is 17.9. The molecule has 0 radical (unpaired) electrons. The molecule has 1 aliphatic rings. The Morgan fingerprint density at radius 1 is 1.00 bits per heavy atom. The number of rotatable bonds is 7. The summed E-state index contributed by atoms with van der Waals surface area (Å²) in [6.45, 7) is 4.34. The Bertz CT molecular complexity index is 927. The molecule has 1 aliphatic heterocycles. The number of hydrogen-bond donors (Lipinski definition) is 0. The lowest BCUT2D eigenvalue weighted by molar-refractivity contribution is -0.384. The van der Waals surface area contributed by atoms with Crippen LogP contribution in [-0.4, -0.2) is 34.0 Å². The maximum absolute atomic E-state index is 11.0. The predicted octanol–water partition coefficient (Wildman–Crippen LogP) is 4.89. The zero-order valence-corrected chi connectivity index (χ0v) is 16.2. The normalized spacial score (nSPS) is 15.9. The summed E-state index contributed by atoms with van der Waals surface area (Å²) in [5.74, 6) is 0.799. The number of aromatic nitrogens is 1. The van der Waals surface area contributed by atoms with Crippen LogP contribution in [0.5, 0.6) is 0 Å². The Kier molecular flexibility index (Phi) is 5.72. The Morgan fingerprint density at radius 3 is 2.54 bits per heavy atom. The molecule has 1 fully saturated rings. The van der Waals surface area contributed by atoms with Gasteiger partial charge in [-0.25, -0.2) is 0 Å². The molecule has 0 N–H and O–H groups in total. The van der Waals surface area contributed by atoms with E-state index in [0.29, 0.717) is 0 Å². The largest absolute Gasteiger partial charge is 0.347 e. The number of likely N-dealkylation sites (tertiary alicyclic amines) is 1. The highest BCUT2D eigenvalue weighted by Gasteiger charge is 2.19. The highest BCUT2D eigenvalue weighted by molar-refractivity contribution is 5.82. The first-order valence-corrected chi connectivity index (χ1v) is 10.2. The molecule has 0 amide bonds. The Balaban J connectivity index is 1.25. The van der Waals surface area contributed by atoms with Gasteiger partial charge in [-0.05, 0) is 68.9 Å². The highest BCUT2D eigenvalue weighted by Crippen LogP contribution is 2.24. The van der Waals surface area contributed by atoms with Crippen molar-refractivity contribution >= 4 is 16.6 Å². The number of non-ortho nitro benzene ring substituents is 1. The molecule has 0 aliphatic carbocycles. The average Bonchev–Trinajstić information content (AvgIpc) is 3.12. The van der Waals surface area contributed by atoms with Crippen LogP contribution in [0.2, 0.25) is 0 Å². The van der Waals surface area contributed by atoms with E-state index < -0.39 is 0 Å². The fourth-order valence-electron chi connectivity index (χ4n) is 4.31. The number of nitro groups is 1. The SMILES string of the molecule is O=[N+]([O-])c1ccc2ccn(CCCN3CCC(Cc4ccccc4)CC3)c2c1. The van der Waals surface area contributed by atoms with Crippen LogP contribution in [0.1, 0.15) is 24.8 Å². The Labute approximate surface area is 165 Å². The Morgan fingerprint density at radius 2 is 1.79 bits per heavy atom. The summed E-state index contributed by atoms with van der Waals surface area (Å²) >= 11 is 0. The van der Waals surface area contributed by atoms with Crippen molar-refractivity contribution in [3.8, 4) is 0 Å². The van der Waals surface area contributed by atoms with E-state index in [0.717, 1.165) is 36.3 Å². The van der Waals surface area contributed by atoms with Gasteiger partial charge < -0.3 is 9.47 Å². The molecule has 2 aromatic carbocycles. The van der Waals surface area contributed by atoms with Crippen molar-refractivity contribution in [3.63, 3.8) is 0 Å². The molecular weight excluding hydrogens is 350 g/mol. The topological polar surface area (TPSA) is 51.3 Å². The van der Waals surface area contributed by atoms with E-state index in [-0.39, 0.29) is 10.6 Å². The Hall–Kier alpha value is -2.66. The molecule has 0 unspecified atom stereocenters. The molecule has 0 spiro atoms. The third-order valence-electron chi connectivity index (χ3n) is 5.92. The molecule has 0 atom stereocenters. The number of fused-ring (bicyclic) bond motifs is 1. The van der Waals surface area contributed by atoms with Gasteiger partial charge >= 0.3 is 0 Å². The van der Waals surface area contributed by atoms with Gasteiger partial charge in [-0.1, -0.05) is 30.3 Å². The highest BCUT2D eigenvalue weighted by atomic mass is 16.6. The second-order valence-electron chi connectivity index (χ2n) is 7.84. The van der Waals surface area contributed by atoms with Gasteiger partial charge in [0.1, 0.15) is 0 Å². The number of piperidine rings is 1. The van der Waals surface area contributed by atoms with Crippen LogP contribution in [0.3, 0.4) is 0 Å².